The third-order valence-electron chi connectivity index (χ3n) is 5.55. The second-order valence-corrected chi connectivity index (χ2v) is 8.07. The first-order valence-electron chi connectivity index (χ1n) is 10.1. The Hall–Kier alpha value is -4.11. The lowest BCUT2D eigenvalue weighted by atomic mass is 10.1. The van der Waals surface area contributed by atoms with E-state index in [2.05, 4.69) is 5.32 Å². The summed E-state index contributed by atoms with van der Waals surface area (Å²) in [5.41, 5.74) is 4.48. The Kier molecular flexibility index (Phi) is 5.65. The fourth-order valence-electron chi connectivity index (χ4n) is 3.90. The van der Waals surface area contributed by atoms with E-state index in [1.54, 1.807) is 30.3 Å². The minimum absolute atomic E-state index is 0.000271. The van der Waals surface area contributed by atoms with Crippen LogP contribution in [0.4, 0.5) is 11.4 Å². The number of nitro groups is 1. The van der Waals surface area contributed by atoms with Gasteiger partial charge in [0.2, 0.25) is 0 Å². The first-order chi connectivity index (χ1) is 15.7. The van der Waals surface area contributed by atoms with Crippen LogP contribution in [0.5, 0.6) is 0 Å². The van der Waals surface area contributed by atoms with Crippen molar-refractivity contribution in [3.05, 3.63) is 92.8 Å². The van der Waals surface area contributed by atoms with E-state index in [-0.39, 0.29) is 16.4 Å². The molecule has 8 nitrogen and oxygen atoms in total. The van der Waals surface area contributed by atoms with E-state index in [1.807, 2.05) is 43.5 Å². The van der Waals surface area contributed by atoms with Crippen molar-refractivity contribution >= 4 is 46.6 Å². The zero-order valence-electron chi connectivity index (χ0n) is 18.2. The van der Waals surface area contributed by atoms with Gasteiger partial charge in [-0.3, -0.25) is 29.9 Å². The van der Waals surface area contributed by atoms with E-state index in [0.29, 0.717) is 11.3 Å². The molecule has 33 heavy (non-hydrogen) atoms. The van der Waals surface area contributed by atoms with Crippen LogP contribution < -0.4 is 10.2 Å². The van der Waals surface area contributed by atoms with Gasteiger partial charge >= 0.3 is 0 Å². The molecule has 3 aromatic rings. The van der Waals surface area contributed by atoms with Gasteiger partial charge in [0.25, 0.3) is 17.5 Å². The second-order valence-electron chi connectivity index (χ2n) is 7.68. The van der Waals surface area contributed by atoms with Crippen LogP contribution >= 0.6 is 12.2 Å². The number of amides is 2. The molecule has 1 saturated heterocycles. The summed E-state index contributed by atoms with van der Waals surface area (Å²) in [7, 11) is 0. The summed E-state index contributed by atoms with van der Waals surface area (Å²) in [6.07, 6.45) is 1.55. The number of non-ortho nitro benzene ring substituents is 1. The maximum absolute atomic E-state index is 13.3. The molecule has 1 aliphatic heterocycles. The number of nitrogens with zero attached hydrogens (tertiary/aromatic N) is 3. The van der Waals surface area contributed by atoms with Gasteiger partial charge in [0, 0.05) is 29.2 Å². The summed E-state index contributed by atoms with van der Waals surface area (Å²) in [4.78, 5) is 37.8. The number of hydrogen-bond donors (Lipinski definition) is 1. The Bertz CT molecular complexity index is 1360. The van der Waals surface area contributed by atoms with Crippen LogP contribution in [-0.4, -0.2) is 26.4 Å². The number of aromatic nitrogens is 1. The van der Waals surface area contributed by atoms with E-state index in [0.717, 1.165) is 22.6 Å². The highest BCUT2D eigenvalue weighted by atomic mass is 32.1. The van der Waals surface area contributed by atoms with Crippen LogP contribution in [0.3, 0.4) is 0 Å². The van der Waals surface area contributed by atoms with Crippen molar-refractivity contribution < 1.29 is 14.5 Å². The molecule has 2 amide bonds. The molecule has 0 unspecified atom stereocenters. The van der Waals surface area contributed by atoms with Crippen molar-refractivity contribution in [2.24, 2.45) is 0 Å². The highest BCUT2D eigenvalue weighted by Gasteiger charge is 2.35. The molecular formula is C24H20N4O4S. The lowest BCUT2D eigenvalue weighted by Crippen LogP contribution is -2.54. The smallest absolute Gasteiger partial charge is 0.270 e. The van der Waals surface area contributed by atoms with Gasteiger partial charge in [0.15, 0.2) is 5.11 Å². The molecule has 166 valence electrons. The molecule has 0 aliphatic carbocycles. The average Bonchev–Trinajstić information content (AvgIpc) is 3.05. The van der Waals surface area contributed by atoms with Crippen molar-refractivity contribution in [3.8, 4) is 5.69 Å². The molecule has 2 aromatic carbocycles. The van der Waals surface area contributed by atoms with Crippen molar-refractivity contribution in [1.29, 1.82) is 0 Å². The van der Waals surface area contributed by atoms with Gasteiger partial charge in [-0.15, -0.1) is 0 Å². The number of nitrogens with one attached hydrogen (secondary N) is 1. The number of nitro benzene ring substituents is 1. The summed E-state index contributed by atoms with van der Waals surface area (Å²) in [5.74, 6) is -1.06. The molecular weight excluding hydrogens is 440 g/mol. The predicted molar refractivity (Wildman–Crippen MR) is 129 cm³/mol. The SMILES string of the molecule is Cc1ccccc1N1C(=O)/C(=C\c2cc(C)n(-c3ccc([N+](=O)[O-])cc3)c2C)C(=O)NC1=S. The third-order valence-corrected chi connectivity index (χ3v) is 5.83. The van der Waals surface area contributed by atoms with Crippen molar-refractivity contribution in [2.75, 3.05) is 4.90 Å². The fourth-order valence-corrected chi connectivity index (χ4v) is 4.17. The van der Waals surface area contributed by atoms with Crippen LogP contribution in [0.2, 0.25) is 0 Å². The fraction of sp³-hybridized carbons (Fsp3) is 0.125. The monoisotopic (exact) mass is 460 g/mol. The molecule has 0 atom stereocenters. The number of thiocarbonyl (C=S) groups is 1. The van der Waals surface area contributed by atoms with E-state index >= 15 is 0 Å². The van der Waals surface area contributed by atoms with Gasteiger partial charge in [-0.05, 0) is 74.5 Å². The summed E-state index contributed by atoms with van der Waals surface area (Å²) in [6.45, 7) is 5.60. The highest BCUT2D eigenvalue weighted by Crippen LogP contribution is 2.28. The van der Waals surface area contributed by atoms with Crippen molar-refractivity contribution in [2.45, 2.75) is 20.8 Å². The molecule has 0 radical (unpaired) electrons. The molecule has 1 fully saturated rings. The summed E-state index contributed by atoms with van der Waals surface area (Å²) in [5, 5.41) is 13.6. The molecule has 4 rings (SSSR count). The first kappa shape index (κ1) is 22.1. The van der Waals surface area contributed by atoms with Gasteiger partial charge in [-0.25, -0.2) is 0 Å². The largest absolute Gasteiger partial charge is 0.318 e. The highest BCUT2D eigenvalue weighted by molar-refractivity contribution is 7.80. The molecule has 0 spiro atoms. The van der Waals surface area contributed by atoms with Crippen LogP contribution in [0.1, 0.15) is 22.5 Å². The number of carbonyl (C=O) groups excluding carboxylic acids is 2. The Balaban J connectivity index is 1.75. The average molecular weight is 461 g/mol. The first-order valence-corrected chi connectivity index (χ1v) is 10.5. The third kappa shape index (κ3) is 3.94. The topological polar surface area (TPSA) is 97.5 Å². The lowest BCUT2D eigenvalue weighted by Gasteiger charge is -2.30. The number of para-hydroxylation sites is 1. The summed E-state index contributed by atoms with van der Waals surface area (Å²) < 4.78 is 1.91. The Morgan fingerprint density at radius 3 is 2.33 bits per heavy atom. The standard InChI is InChI=1S/C24H20N4O4S/c1-14-6-4-5-7-21(14)27-23(30)20(22(29)25-24(27)33)13-17-12-15(2)26(16(17)3)18-8-10-19(11-9-18)28(31)32/h4-13H,1-3H3,(H,25,29,33)/b20-13-. The normalized spacial score (nSPS) is 15.2. The minimum atomic E-state index is -0.560. The Labute approximate surface area is 195 Å². The van der Waals surface area contributed by atoms with Crippen LogP contribution in [0.15, 0.2) is 60.2 Å². The Morgan fingerprint density at radius 1 is 1.03 bits per heavy atom. The van der Waals surface area contributed by atoms with Gasteiger partial charge in [0.05, 0.1) is 10.6 Å². The molecule has 2 heterocycles. The molecule has 0 saturated carbocycles. The summed E-state index contributed by atoms with van der Waals surface area (Å²) >= 11 is 5.28. The number of aryl methyl sites for hydroxylation is 2. The van der Waals surface area contributed by atoms with Gasteiger partial charge < -0.3 is 4.57 Å². The second kappa shape index (κ2) is 8.44. The molecule has 1 aromatic heterocycles. The van der Waals surface area contributed by atoms with E-state index in [4.69, 9.17) is 12.2 Å². The zero-order valence-corrected chi connectivity index (χ0v) is 19.0. The van der Waals surface area contributed by atoms with Crippen LogP contribution in [0.25, 0.3) is 11.8 Å². The van der Waals surface area contributed by atoms with E-state index in [9.17, 15) is 19.7 Å². The zero-order chi connectivity index (χ0) is 23.9. The molecule has 9 heteroatoms. The van der Waals surface area contributed by atoms with Crippen LogP contribution in [0, 0.1) is 30.9 Å². The summed E-state index contributed by atoms with van der Waals surface area (Å²) in [6, 6.07) is 15.3. The quantitative estimate of drug-likeness (QED) is 0.207. The lowest BCUT2D eigenvalue weighted by molar-refractivity contribution is -0.384. The maximum Gasteiger partial charge on any atom is 0.270 e. The van der Waals surface area contributed by atoms with Crippen molar-refractivity contribution in [3.63, 3.8) is 0 Å². The number of benzene rings is 2. The number of rotatable bonds is 4. The minimum Gasteiger partial charge on any atom is -0.318 e. The van der Waals surface area contributed by atoms with Gasteiger partial charge in [-0.2, -0.15) is 0 Å². The van der Waals surface area contributed by atoms with Crippen LogP contribution in [-0.2, 0) is 9.59 Å². The van der Waals surface area contributed by atoms with E-state index < -0.39 is 16.7 Å². The predicted octanol–water partition coefficient (Wildman–Crippen LogP) is 4.14. The van der Waals surface area contributed by atoms with Gasteiger partial charge in [0.1, 0.15) is 5.57 Å². The molecule has 1 N–H and O–H groups in total. The van der Waals surface area contributed by atoms with Crippen molar-refractivity contribution in [1.82, 2.24) is 9.88 Å². The number of carbonyl (C=O) groups is 2. The maximum atomic E-state index is 13.3. The number of anilines is 1. The van der Waals surface area contributed by atoms with Gasteiger partial charge in [-0.1, -0.05) is 18.2 Å². The Morgan fingerprint density at radius 2 is 1.70 bits per heavy atom. The molecule has 0 bridgehead atoms. The number of hydrogen-bond acceptors (Lipinski definition) is 5. The van der Waals surface area contributed by atoms with E-state index in [1.165, 1.54) is 17.0 Å². The molecule has 1 aliphatic rings.